The summed E-state index contributed by atoms with van der Waals surface area (Å²) in [7, 11) is 1.61. The first kappa shape index (κ1) is 17.3. The molecule has 1 atom stereocenters. The van der Waals surface area contributed by atoms with Crippen LogP contribution in [0.2, 0.25) is 5.02 Å². The molecule has 0 aliphatic heterocycles. The molecule has 0 bridgehead atoms. The summed E-state index contributed by atoms with van der Waals surface area (Å²) in [6.45, 7) is 0. The number of hydrogen-bond acceptors (Lipinski definition) is 6. The third-order valence-electron chi connectivity index (χ3n) is 4.43. The summed E-state index contributed by atoms with van der Waals surface area (Å²) >= 11 is 7.27. The van der Waals surface area contributed by atoms with Gasteiger partial charge in [-0.3, -0.25) is 10.1 Å². The normalized spacial score (nSPS) is 17.6. The zero-order valence-electron chi connectivity index (χ0n) is 13.3. The second-order valence-electron chi connectivity index (χ2n) is 5.87. The molecule has 1 fully saturated rings. The van der Waals surface area contributed by atoms with Gasteiger partial charge in [0.05, 0.1) is 5.60 Å². The summed E-state index contributed by atoms with van der Waals surface area (Å²) in [5.41, 5.74) is 6.43. The molecule has 1 aliphatic carbocycles. The molecule has 24 heavy (non-hydrogen) atoms. The van der Waals surface area contributed by atoms with Crippen molar-refractivity contribution in [1.82, 2.24) is 10.2 Å². The lowest BCUT2D eigenvalue weighted by molar-refractivity contribution is -0.125. The zero-order chi connectivity index (χ0) is 17.2. The third-order valence-corrected chi connectivity index (χ3v) is 5.56. The largest absolute Gasteiger partial charge is 0.376 e. The number of carbonyl (C=O) groups is 1. The Morgan fingerprint density at radius 1 is 1.42 bits per heavy atom. The number of carbonyl (C=O) groups excluding carboxylic acids is 1. The van der Waals surface area contributed by atoms with Crippen molar-refractivity contribution < 1.29 is 9.53 Å². The van der Waals surface area contributed by atoms with E-state index in [4.69, 9.17) is 22.1 Å². The van der Waals surface area contributed by atoms with E-state index in [1.807, 2.05) is 12.1 Å². The fourth-order valence-corrected chi connectivity index (χ4v) is 3.98. The fourth-order valence-electron chi connectivity index (χ4n) is 3.05. The van der Waals surface area contributed by atoms with Gasteiger partial charge in [-0.05, 0) is 25.0 Å². The molecule has 3 N–H and O–H groups in total. The SMILES string of the molecule is COC1(C(N)C(=O)Nc2nnc(-c3cccc(Cl)c3)s2)CCCC1. The molecular formula is C16H19ClN4O2S. The lowest BCUT2D eigenvalue weighted by Crippen LogP contribution is -2.54. The predicted octanol–water partition coefficient (Wildman–Crippen LogP) is 3.08. The summed E-state index contributed by atoms with van der Waals surface area (Å²) in [5, 5.41) is 12.6. The molecule has 0 radical (unpaired) electrons. The molecular weight excluding hydrogens is 348 g/mol. The Hall–Kier alpha value is -1.54. The zero-order valence-corrected chi connectivity index (χ0v) is 14.9. The minimum absolute atomic E-state index is 0.299. The highest BCUT2D eigenvalue weighted by molar-refractivity contribution is 7.18. The molecule has 0 spiro atoms. The number of anilines is 1. The standard InChI is InChI=1S/C16H19ClN4O2S/c1-23-16(7-2-3-8-16)12(18)13(22)19-15-21-20-14(24-15)10-5-4-6-11(17)9-10/h4-6,9,12H,2-3,7-8,18H2,1H3,(H,19,21,22). The van der Waals surface area contributed by atoms with Crippen LogP contribution in [0, 0.1) is 0 Å². The van der Waals surface area contributed by atoms with Crippen LogP contribution in [0.25, 0.3) is 10.6 Å². The van der Waals surface area contributed by atoms with Crippen LogP contribution in [0.15, 0.2) is 24.3 Å². The molecule has 3 rings (SSSR count). The van der Waals surface area contributed by atoms with Gasteiger partial charge in [-0.25, -0.2) is 0 Å². The molecule has 1 aromatic heterocycles. The van der Waals surface area contributed by atoms with Crippen molar-refractivity contribution in [3.8, 4) is 10.6 Å². The molecule has 0 saturated heterocycles. The Bertz CT molecular complexity index is 730. The summed E-state index contributed by atoms with van der Waals surface area (Å²) < 4.78 is 5.57. The Labute approximate surface area is 149 Å². The van der Waals surface area contributed by atoms with Crippen molar-refractivity contribution in [2.45, 2.75) is 37.3 Å². The number of hydrogen-bond donors (Lipinski definition) is 2. The third kappa shape index (κ3) is 3.44. The van der Waals surface area contributed by atoms with Crippen LogP contribution < -0.4 is 11.1 Å². The lowest BCUT2D eigenvalue weighted by atomic mass is 9.92. The Morgan fingerprint density at radius 3 is 2.83 bits per heavy atom. The van der Waals surface area contributed by atoms with Crippen LogP contribution >= 0.6 is 22.9 Å². The van der Waals surface area contributed by atoms with Gasteiger partial charge >= 0.3 is 0 Å². The maximum absolute atomic E-state index is 12.5. The molecule has 1 heterocycles. The number of rotatable bonds is 5. The van der Waals surface area contributed by atoms with Gasteiger partial charge in [0.2, 0.25) is 11.0 Å². The van der Waals surface area contributed by atoms with Gasteiger partial charge in [-0.1, -0.05) is 47.9 Å². The van der Waals surface area contributed by atoms with Gasteiger partial charge in [0.25, 0.3) is 0 Å². The molecule has 1 aromatic carbocycles. The summed E-state index contributed by atoms with van der Waals surface area (Å²) in [4.78, 5) is 12.5. The van der Waals surface area contributed by atoms with Crippen molar-refractivity contribution in [3.63, 3.8) is 0 Å². The maximum atomic E-state index is 12.5. The van der Waals surface area contributed by atoms with E-state index < -0.39 is 11.6 Å². The minimum atomic E-state index is -0.733. The number of nitrogens with one attached hydrogen (secondary N) is 1. The number of methoxy groups -OCH3 is 1. The van der Waals surface area contributed by atoms with Crippen LogP contribution in [0.4, 0.5) is 5.13 Å². The first-order valence-electron chi connectivity index (χ1n) is 7.75. The van der Waals surface area contributed by atoms with Gasteiger partial charge in [0, 0.05) is 17.7 Å². The lowest BCUT2D eigenvalue weighted by Gasteiger charge is -2.32. The molecule has 1 saturated carbocycles. The van der Waals surface area contributed by atoms with E-state index in [0.717, 1.165) is 31.2 Å². The van der Waals surface area contributed by atoms with E-state index in [2.05, 4.69) is 15.5 Å². The quantitative estimate of drug-likeness (QED) is 0.848. The summed E-state index contributed by atoms with van der Waals surface area (Å²) in [6.07, 6.45) is 3.63. The second-order valence-corrected chi connectivity index (χ2v) is 7.28. The highest BCUT2D eigenvalue weighted by atomic mass is 35.5. The van der Waals surface area contributed by atoms with Crippen molar-refractivity contribution >= 4 is 34.0 Å². The summed E-state index contributed by atoms with van der Waals surface area (Å²) in [5.74, 6) is -0.299. The maximum Gasteiger partial charge on any atom is 0.246 e. The monoisotopic (exact) mass is 366 g/mol. The first-order chi connectivity index (χ1) is 11.5. The van der Waals surface area contributed by atoms with Crippen LogP contribution in [-0.2, 0) is 9.53 Å². The number of benzene rings is 1. The van der Waals surface area contributed by atoms with E-state index in [1.165, 1.54) is 11.3 Å². The molecule has 128 valence electrons. The highest BCUT2D eigenvalue weighted by Crippen LogP contribution is 2.35. The molecule has 1 amide bonds. The van der Waals surface area contributed by atoms with Crippen LogP contribution in [0.3, 0.4) is 0 Å². The number of nitrogens with zero attached hydrogens (tertiary/aromatic N) is 2. The van der Waals surface area contributed by atoms with E-state index >= 15 is 0 Å². The van der Waals surface area contributed by atoms with Crippen LogP contribution in [0.1, 0.15) is 25.7 Å². The van der Waals surface area contributed by atoms with Gasteiger partial charge in [0.1, 0.15) is 11.0 Å². The Balaban J connectivity index is 1.71. The fraction of sp³-hybridized carbons (Fsp3) is 0.438. The summed E-state index contributed by atoms with van der Waals surface area (Å²) in [6, 6.07) is 6.60. The average molecular weight is 367 g/mol. The van der Waals surface area contributed by atoms with Gasteiger partial charge in [0.15, 0.2) is 0 Å². The molecule has 1 aliphatic rings. The van der Waals surface area contributed by atoms with Crippen molar-refractivity contribution in [2.75, 3.05) is 12.4 Å². The van der Waals surface area contributed by atoms with E-state index in [0.29, 0.717) is 15.2 Å². The predicted molar refractivity (Wildman–Crippen MR) is 95.2 cm³/mol. The van der Waals surface area contributed by atoms with Crippen LogP contribution in [0.5, 0.6) is 0 Å². The molecule has 2 aromatic rings. The number of nitrogens with two attached hydrogens (primary N) is 1. The number of ether oxygens (including phenoxy) is 1. The van der Waals surface area contributed by atoms with E-state index in [-0.39, 0.29) is 5.91 Å². The Morgan fingerprint density at radius 2 is 2.17 bits per heavy atom. The highest BCUT2D eigenvalue weighted by Gasteiger charge is 2.43. The number of halogens is 1. The van der Waals surface area contributed by atoms with Gasteiger partial charge < -0.3 is 10.5 Å². The molecule has 8 heteroatoms. The first-order valence-corrected chi connectivity index (χ1v) is 8.94. The van der Waals surface area contributed by atoms with Crippen molar-refractivity contribution in [1.29, 1.82) is 0 Å². The van der Waals surface area contributed by atoms with E-state index in [1.54, 1.807) is 19.2 Å². The van der Waals surface area contributed by atoms with E-state index in [9.17, 15) is 4.79 Å². The van der Waals surface area contributed by atoms with Crippen LogP contribution in [-0.4, -0.2) is 34.9 Å². The molecule has 1 unspecified atom stereocenters. The van der Waals surface area contributed by atoms with Crippen molar-refractivity contribution in [2.24, 2.45) is 5.73 Å². The smallest absolute Gasteiger partial charge is 0.246 e. The van der Waals surface area contributed by atoms with Crippen molar-refractivity contribution in [3.05, 3.63) is 29.3 Å². The second kappa shape index (κ2) is 7.14. The minimum Gasteiger partial charge on any atom is -0.376 e. The number of amides is 1. The Kier molecular flexibility index (Phi) is 5.15. The average Bonchev–Trinajstić information content (AvgIpc) is 3.24. The van der Waals surface area contributed by atoms with Gasteiger partial charge in [-0.15, -0.1) is 10.2 Å². The topological polar surface area (TPSA) is 90.1 Å². The number of aromatic nitrogens is 2. The molecule has 6 nitrogen and oxygen atoms in total. The van der Waals surface area contributed by atoms with Gasteiger partial charge in [-0.2, -0.15) is 0 Å².